The number of fused-ring (bicyclic) bond motifs is 1. The van der Waals surface area contributed by atoms with Gasteiger partial charge in [0.05, 0.1) is 12.6 Å². The fourth-order valence-corrected chi connectivity index (χ4v) is 2.02. The first-order valence-electron chi connectivity index (χ1n) is 5.95. The van der Waals surface area contributed by atoms with Crippen molar-refractivity contribution in [3.63, 3.8) is 0 Å². The molecule has 1 atom stereocenters. The summed E-state index contributed by atoms with van der Waals surface area (Å²) < 4.78 is 11.1. The van der Waals surface area contributed by atoms with Gasteiger partial charge in [0.25, 0.3) is 0 Å². The number of carbonyl (C=O) groups excluding carboxylic acids is 1. The Morgan fingerprint density at radius 1 is 1.61 bits per heavy atom. The number of benzene rings is 1. The zero-order chi connectivity index (χ0) is 13.1. The van der Waals surface area contributed by atoms with Crippen molar-refractivity contribution in [2.45, 2.75) is 26.4 Å². The molecule has 1 aromatic carbocycles. The van der Waals surface area contributed by atoms with Gasteiger partial charge in [-0.05, 0) is 38.1 Å². The highest BCUT2D eigenvalue weighted by Gasteiger charge is 2.21. The summed E-state index contributed by atoms with van der Waals surface area (Å²) in [5, 5.41) is 10.5. The molecule has 0 aromatic heterocycles. The van der Waals surface area contributed by atoms with Crippen LogP contribution in [0.4, 0.5) is 0 Å². The smallest absolute Gasteiger partial charge is 0.127 e. The molecule has 0 N–H and O–H groups in total. The third kappa shape index (κ3) is 2.64. The molecule has 1 aliphatic heterocycles. The molecule has 2 rings (SSSR count). The van der Waals surface area contributed by atoms with E-state index in [2.05, 4.69) is 0 Å². The van der Waals surface area contributed by atoms with Crippen LogP contribution in [0.3, 0.4) is 0 Å². The van der Waals surface area contributed by atoms with Crippen LogP contribution in [0.25, 0.3) is 6.08 Å². The van der Waals surface area contributed by atoms with E-state index in [1.807, 2.05) is 26.0 Å². The number of hydrogen-bond donors (Lipinski definition) is 0. The second kappa shape index (κ2) is 5.12. The van der Waals surface area contributed by atoms with Gasteiger partial charge in [0, 0.05) is 17.5 Å². The van der Waals surface area contributed by atoms with Gasteiger partial charge in [-0.1, -0.05) is 0 Å². The van der Waals surface area contributed by atoms with Crippen LogP contribution in [-0.4, -0.2) is 18.7 Å². The van der Waals surface area contributed by atoms with E-state index in [4.69, 9.17) is 9.47 Å². The van der Waals surface area contributed by atoms with Crippen molar-refractivity contribution in [1.82, 2.24) is 0 Å². The first-order valence-corrected chi connectivity index (χ1v) is 5.95. The third-order valence-electron chi connectivity index (χ3n) is 2.73. The predicted octanol–water partition coefficient (Wildman–Crippen LogP) is 1.17. The molecule has 0 spiro atoms. The summed E-state index contributed by atoms with van der Waals surface area (Å²) in [6.45, 7) is 4.41. The lowest BCUT2D eigenvalue weighted by Gasteiger charge is -2.10. The molecule has 1 heterocycles. The number of hydrogen-bond acceptors (Lipinski definition) is 4. The second-order valence-corrected chi connectivity index (χ2v) is 4.22. The van der Waals surface area contributed by atoms with Gasteiger partial charge < -0.3 is 19.4 Å². The maximum absolute atomic E-state index is 10.5. The van der Waals surface area contributed by atoms with E-state index < -0.39 is 5.97 Å². The highest BCUT2D eigenvalue weighted by Crippen LogP contribution is 2.35. The minimum absolute atomic E-state index is 0.148. The highest BCUT2D eigenvalue weighted by molar-refractivity contribution is 5.84. The van der Waals surface area contributed by atoms with Crippen LogP contribution in [0.2, 0.25) is 0 Å². The van der Waals surface area contributed by atoms with Crippen LogP contribution in [0, 0.1) is 0 Å². The Kier molecular flexibility index (Phi) is 3.55. The molecule has 96 valence electrons. The number of aliphatic carboxylic acids is 1. The van der Waals surface area contributed by atoms with Gasteiger partial charge in [-0.15, -0.1) is 0 Å². The minimum atomic E-state index is -1.23. The lowest BCUT2D eigenvalue weighted by molar-refractivity contribution is -0.297. The fraction of sp³-hybridized carbons (Fsp3) is 0.357. The summed E-state index contributed by atoms with van der Waals surface area (Å²) in [6.07, 6.45) is 3.45. The van der Waals surface area contributed by atoms with Crippen molar-refractivity contribution in [1.29, 1.82) is 0 Å². The maximum atomic E-state index is 10.5. The van der Waals surface area contributed by atoms with Gasteiger partial charge in [0.1, 0.15) is 17.6 Å². The third-order valence-corrected chi connectivity index (χ3v) is 2.73. The number of carboxylic acid groups (broad SMARTS) is 1. The van der Waals surface area contributed by atoms with Crippen LogP contribution < -0.4 is 14.6 Å². The Bertz CT molecular complexity index is 491. The van der Waals surface area contributed by atoms with Crippen LogP contribution in [0.5, 0.6) is 11.5 Å². The van der Waals surface area contributed by atoms with Gasteiger partial charge in [-0.3, -0.25) is 0 Å². The van der Waals surface area contributed by atoms with Gasteiger partial charge >= 0.3 is 0 Å². The van der Waals surface area contributed by atoms with Crippen molar-refractivity contribution in [2.75, 3.05) is 6.61 Å². The Hall–Kier alpha value is -1.97. The van der Waals surface area contributed by atoms with Crippen LogP contribution in [-0.2, 0) is 11.2 Å². The summed E-state index contributed by atoms with van der Waals surface area (Å²) in [7, 11) is 0. The average molecular weight is 247 g/mol. The molecule has 0 aliphatic carbocycles. The summed E-state index contributed by atoms with van der Waals surface area (Å²) in [6, 6.07) is 3.72. The lowest BCUT2D eigenvalue weighted by Crippen LogP contribution is -2.18. The van der Waals surface area contributed by atoms with Crippen molar-refractivity contribution >= 4 is 12.0 Å². The molecule has 18 heavy (non-hydrogen) atoms. The Morgan fingerprint density at radius 2 is 2.39 bits per heavy atom. The number of carbonyl (C=O) groups is 1. The van der Waals surface area contributed by atoms with E-state index in [1.54, 1.807) is 0 Å². The molecule has 0 radical (unpaired) electrons. The SMILES string of the molecule is CCOc1cc2c(cc1/C=C/C(=O)[O-])O[C@H](C)C2. The van der Waals surface area contributed by atoms with E-state index in [0.717, 1.165) is 23.8 Å². The maximum Gasteiger partial charge on any atom is 0.127 e. The molecule has 4 nitrogen and oxygen atoms in total. The molecule has 1 aliphatic rings. The van der Waals surface area contributed by atoms with Gasteiger partial charge in [0.15, 0.2) is 0 Å². The monoisotopic (exact) mass is 247 g/mol. The van der Waals surface area contributed by atoms with E-state index in [9.17, 15) is 9.90 Å². The molecule has 0 saturated heterocycles. The van der Waals surface area contributed by atoms with Crippen LogP contribution in [0.15, 0.2) is 18.2 Å². The second-order valence-electron chi connectivity index (χ2n) is 4.22. The largest absolute Gasteiger partial charge is 0.545 e. The zero-order valence-electron chi connectivity index (χ0n) is 10.4. The van der Waals surface area contributed by atoms with Gasteiger partial charge in [0.2, 0.25) is 0 Å². The Balaban J connectivity index is 2.37. The molecule has 0 bridgehead atoms. The topological polar surface area (TPSA) is 58.6 Å². The normalized spacial score (nSPS) is 17.6. The van der Waals surface area contributed by atoms with Crippen LogP contribution in [0.1, 0.15) is 25.0 Å². The molecule has 0 unspecified atom stereocenters. The summed E-state index contributed by atoms with van der Waals surface area (Å²) >= 11 is 0. The zero-order valence-corrected chi connectivity index (χ0v) is 10.4. The van der Waals surface area contributed by atoms with E-state index in [1.165, 1.54) is 6.08 Å². The van der Waals surface area contributed by atoms with E-state index in [-0.39, 0.29) is 6.10 Å². The van der Waals surface area contributed by atoms with E-state index >= 15 is 0 Å². The van der Waals surface area contributed by atoms with Crippen LogP contribution >= 0.6 is 0 Å². The molecule has 1 aromatic rings. The van der Waals surface area contributed by atoms with Gasteiger partial charge in [-0.2, -0.15) is 0 Å². The van der Waals surface area contributed by atoms with Crippen molar-refractivity contribution < 1.29 is 19.4 Å². The number of rotatable bonds is 4. The lowest BCUT2D eigenvalue weighted by atomic mass is 10.1. The Morgan fingerprint density at radius 3 is 3.06 bits per heavy atom. The summed E-state index contributed by atoms with van der Waals surface area (Å²) in [5.41, 5.74) is 1.78. The molecule has 0 fully saturated rings. The first-order chi connectivity index (χ1) is 8.60. The predicted molar refractivity (Wildman–Crippen MR) is 65.4 cm³/mol. The average Bonchev–Trinajstić information content (AvgIpc) is 2.65. The Labute approximate surface area is 106 Å². The molecular weight excluding hydrogens is 232 g/mol. The minimum Gasteiger partial charge on any atom is -0.545 e. The molecule has 0 amide bonds. The summed E-state index contributed by atoms with van der Waals surface area (Å²) in [5.74, 6) is 0.239. The quantitative estimate of drug-likeness (QED) is 0.749. The van der Waals surface area contributed by atoms with Crippen molar-refractivity contribution in [3.05, 3.63) is 29.3 Å². The van der Waals surface area contributed by atoms with Crippen molar-refractivity contribution in [3.8, 4) is 11.5 Å². The summed E-state index contributed by atoms with van der Waals surface area (Å²) in [4.78, 5) is 10.5. The fourth-order valence-electron chi connectivity index (χ4n) is 2.02. The van der Waals surface area contributed by atoms with Crippen molar-refractivity contribution in [2.24, 2.45) is 0 Å². The number of ether oxygens (including phenoxy) is 2. The standard InChI is InChI=1S/C14H16O4/c1-3-17-12-8-11-6-9(2)18-13(11)7-10(12)4-5-14(15)16/h4-5,7-9H,3,6H2,1-2H3,(H,15,16)/p-1/b5-4+/t9-/m1/s1. The first kappa shape index (κ1) is 12.5. The number of carboxylic acids is 1. The molecule has 0 saturated carbocycles. The van der Waals surface area contributed by atoms with E-state index in [0.29, 0.717) is 17.9 Å². The molecular formula is C14H15O4-. The van der Waals surface area contributed by atoms with Gasteiger partial charge in [-0.25, -0.2) is 0 Å². The molecule has 4 heteroatoms. The highest BCUT2D eigenvalue weighted by atomic mass is 16.5.